The fraction of sp³-hybridized carbons (Fsp3) is 1.00. The first-order valence-corrected chi connectivity index (χ1v) is 7.47. The van der Waals surface area contributed by atoms with Crippen LogP contribution in [0.3, 0.4) is 0 Å². The molecule has 0 heterocycles. The zero-order chi connectivity index (χ0) is 11.6. The lowest BCUT2D eigenvalue weighted by Gasteiger charge is -2.08. The largest absolute Gasteiger partial charge is 0.327 e. The standard InChI is InChI=1S/C10H24NO3P/c1-3-4-5-8-11-9-6-7-10-15(12,13)14-2/h11H,3-10H2,1-2H3,(H,12,13). The summed E-state index contributed by atoms with van der Waals surface area (Å²) < 4.78 is 15.6. The van der Waals surface area contributed by atoms with Gasteiger partial charge in [0.2, 0.25) is 0 Å². The van der Waals surface area contributed by atoms with Crippen molar-refractivity contribution < 1.29 is 14.0 Å². The van der Waals surface area contributed by atoms with E-state index in [1.54, 1.807) is 0 Å². The topological polar surface area (TPSA) is 58.6 Å². The molecule has 0 fully saturated rings. The zero-order valence-electron chi connectivity index (χ0n) is 9.87. The van der Waals surface area contributed by atoms with Gasteiger partial charge in [-0.15, -0.1) is 0 Å². The minimum atomic E-state index is -3.27. The van der Waals surface area contributed by atoms with Gasteiger partial charge in [-0.05, 0) is 32.4 Å². The predicted molar refractivity (Wildman–Crippen MR) is 63.3 cm³/mol. The van der Waals surface area contributed by atoms with Gasteiger partial charge in [0.25, 0.3) is 0 Å². The van der Waals surface area contributed by atoms with E-state index in [1.165, 1.54) is 26.4 Å². The van der Waals surface area contributed by atoms with Gasteiger partial charge in [-0.25, -0.2) is 0 Å². The number of rotatable bonds is 10. The second-order valence-corrected chi connectivity index (χ2v) is 5.80. The van der Waals surface area contributed by atoms with Crippen LogP contribution in [0.15, 0.2) is 0 Å². The highest BCUT2D eigenvalue weighted by Gasteiger charge is 2.15. The molecule has 1 atom stereocenters. The summed E-state index contributed by atoms with van der Waals surface area (Å²) >= 11 is 0. The van der Waals surface area contributed by atoms with Crippen LogP contribution >= 0.6 is 7.60 Å². The maximum absolute atomic E-state index is 11.1. The number of hydrogen-bond donors (Lipinski definition) is 2. The Hall–Kier alpha value is 0.110. The Bertz CT molecular complexity index is 188. The molecule has 0 aromatic carbocycles. The maximum Gasteiger partial charge on any atom is 0.327 e. The van der Waals surface area contributed by atoms with Gasteiger partial charge >= 0.3 is 7.60 Å². The average molecular weight is 237 g/mol. The van der Waals surface area contributed by atoms with E-state index in [4.69, 9.17) is 4.89 Å². The van der Waals surface area contributed by atoms with Crippen LogP contribution in [-0.4, -0.2) is 31.3 Å². The van der Waals surface area contributed by atoms with E-state index < -0.39 is 7.60 Å². The highest BCUT2D eigenvalue weighted by Crippen LogP contribution is 2.41. The molecule has 0 radical (unpaired) electrons. The van der Waals surface area contributed by atoms with E-state index in [2.05, 4.69) is 16.8 Å². The fourth-order valence-corrected chi connectivity index (χ4v) is 2.08. The molecule has 0 aromatic heterocycles. The molecule has 1 unspecified atom stereocenters. The van der Waals surface area contributed by atoms with Gasteiger partial charge in [0.15, 0.2) is 0 Å². The van der Waals surface area contributed by atoms with Crippen molar-refractivity contribution in [3.63, 3.8) is 0 Å². The van der Waals surface area contributed by atoms with E-state index in [0.717, 1.165) is 25.9 Å². The summed E-state index contributed by atoms with van der Waals surface area (Å²) in [6.07, 6.45) is 5.65. The molecule has 4 nitrogen and oxygen atoms in total. The first-order valence-electron chi connectivity index (χ1n) is 5.70. The Morgan fingerprint density at radius 1 is 1.20 bits per heavy atom. The van der Waals surface area contributed by atoms with Crippen LogP contribution in [0.5, 0.6) is 0 Å². The predicted octanol–water partition coefficient (Wildman–Crippen LogP) is 2.38. The molecule has 0 rings (SSSR count). The molecule has 0 aromatic rings. The van der Waals surface area contributed by atoms with E-state index in [-0.39, 0.29) is 6.16 Å². The van der Waals surface area contributed by atoms with Crippen molar-refractivity contribution in [2.45, 2.75) is 39.0 Å². The second kappa shape index (κ2) is 9.34. The normalized spacial score (nSPS) is 15.1. The third-order valence-corrected chi connectivity index (χ3v) is 3.74. The highest BCUT2D eigenvalue weighted by atomic mass is 31.2. The van der Waals surface area contributed by atoms with E-state index >= 15 is 0 Å². The molecular formula is C10H24NO3P. The van der Waals surface area contributed by atoms with E-state index in [1.807, 2.05) is 0 Å². The van der Waals surface area contributed by atoms with Gasteiger partial charge in [0, 0.05) is 7.11 Å². The molecule has 15 heavy (non-hydrogen) atoms. The summed E-state index contributed by atoms with van der Waals surface area (Å²) in [4.78, 5) is 9.11. The lowest BCUT2D eigenvalue weighted by Crippen LogP contribution is -2.16. The van der Waals surface area contributed by atoms with E-state index in [0.29, 0.717) is 0 Å². The molecule has 5 heteroatoms. The van der Waals surface area contributed by atoms with Crippen molar-refractivity contribution in [2.24, 2.45) is 0 Å². The molecule has 0 aliphatic heterocycles. The number of hydrogen-bond acceptors (Lipinski definition) is 3. The highest BCUT2D eigenvalue weighted by molar-refractivity contribution is 7.52. The van der Waals surface area contributed by atoms with Crippen molar-refractivity contribution in [2.75, 3.05) is 26.4 Å². The van der Waals surface area contributed by atoms with Crippen molar-refractivity contribution in [1.29, 1.82) is 0 Å². The molecule has 2 N–H and O–H groups in total. The maximum atomic E-state index is 11.1. The van der Waals surface area contributed by atoms with E-state index in [9.17, 15) is 4.57 Å². The first kappa shape index (κ1) is 15.1. The van der Waals surface area contributed by atoms with Gasteiger partial charge in [-0.2, -0.15) is 0 Å². The van der Waals surface area contributed by atoms with Gasteiger partial charge in [0.1, 0.15) is 0 Å². The quantitative estimate of drug-likeness (QED) is 0.452. The Kier molecular flexibility index (Phi) is 9.41. The first-order chi connectivity index (χ1) is 7.12. The number of unbranched alkanes of at least 4 members (excludes halogenated alkanes) is 3. The van der Waals surface area contributed by atoms with Gasteiger partial charge in [-0.3, -0.25) is 4.57 Å². The zero-order valence-corrected chi connectivity index (χ0v) is 10.8. The summed E-state index contributed by atoms with van der Waals surface area (Å²) in [5.41, 5.74) is 0. The molecular weight excluding hydrogens is 213 g/mol. The monoisotopic (exact) mass is 237 g/mol. The Balaban J connectivity index is 3.15. The lowest BCUT2D eigenvalue weighted by molar-refractivity contribution is 0.314. The van der Waals surface area contributed by atoms with Crippen LogP contribution in [0.25, 0.3) is 0 Å². The molecule has 0 bridgehead atoms. The molecule has 0 amide bonds. The van der Waals surface area contributed by atoms with Crippen LogP contribution < -0.4 is 5.32 Å². The third-order valence-electron chi connectivity index (χ3n) is 2.29. The van der Waals surface area contributed by atoms with Crippen molar-refractivity contribution in [3.05, 3.63) is 0 Å². The Morgan fingerprint density at radius 2 is 1.80 bits per heavy atom. The molecule has 0 saturated carbocycles. The van der Waals surface area contributed by atoms with Crippen molar-refractivity contribution in [3.8, 4) is 0 Å². The summed E-state index contributed by atoms with van der Waals surface area (Å²) in [5.74, 6) is 0. The van der Waals surface area contributed by atoms with Crippen molar-refractivity contribution >= 4 is 7.60 Å². The van der Waals surface area contributed by atoms with Gasteiger partial charge in [0.05, 0.1) is 6.16 Å². The Labute approximate surface area is 92.9 Å². The smallest absolute Gasteiger partial charge is 0.324 e. The van der Waals surface area contributed by atoms with Crippen LogP contribution in [0.4, 0.5) is 0 Å². The summed E-state index contributed by atoms with van der Waals surface area (Å²) in [7, 11) is -1.99. The molecule has 0 aliphatic carbocycles. The Morgan fingerprint density at radius 3 is 2.33 bits per heavy atom. The average Bonchev–Trinajstić information content (AvgIpc) is 2.22. The van der Waals surface area contributed by atoms with Crippen LogP contribution in [0.1, 0.15) is 39.0 Å². The molecule has 92 valence electrons. The van der Waals surface area contributed by atoms with Crippen LogP contribution in [0, 0.1) is 0 Å². The SMILES string of the molecule is CCCCCNCCCCP(=O)(O)OC. The minimum Gasteiger partial charge on any atom is -0.324 e. The molecule has 0 saturated heterocycles. The molecule has 0 aliphatic rings. The number of nitrogens with one attached hydrogen (secondary N) is 1. The summed E-state index contributed by atoms with van der Waals surface area (Å²) in [6, 6.07) is 0. The summed E-state index contributed by atoms with van der Waals surface area (Å²) in [5, 5.41) is 3.31. The van der Waals surface area contributed by atoms with Gasteiger partial charge < -0.3 is 14.7 Å². The van der Waals surface area contributed by atoms with Crippen molar-refractivity contribution in [1.82, 2.24) is 5.32 Å². The fourth-order valence-electron chi connectivity index (χ4n) is 1.28. The van der Waals surface area contributed by atoms with Crippen LogP contribution in [0.2, 0.25) is 0 Å². The lowest BCUT2D eigenvalue weighted by atomic mass is 10.2. The van der Waals surface area contributed by atoms with Gasteiger partial charge in [-0.1, -0.05) is 19.8 Å². The second-order valence-electron chi connectivity index (χ2n) is 3.71. The van der Waals surface area contributed by atoms with Crippen LogP contribution in [-0.2, 0) is 9.09 Å². The molecule has 0 spiro atoms. The summed E-state index contributed by atoms with van der Waals surface area (Å²) in [6.45, 7) is 4.16. The minimum absolute atomic E-state index is 0.264. The third kappa shape index (κ3) is 10.4.